The lowest BCUT2D eigenvalue weighted by molar-refractivity contribution is 0.112. The molecule has 1 aliphatic carbocycles. The molecule has 0 radical (unpaired) electrons. The van der Waals surface area contributed by atoms with E-state index in [0.717, 1.165) is 25.0 Å². The highest BCUT2D eigenvalue weighted by Gasteiger charge is 2.31. The van der Waals surface area contributed by atoms with E-state index in [1.165, 1.54) is 51.6 Å². The number of hydrogen-bond acceptors (Lipinski definition) is 3. The molecule has 0 aromatic heterocycles. The molecule has 0 amide bonds. The second kappa shape index (κ2) is 7.24. The fourth-order valence-electron chi connectivity index (χ4n) is 4.23. The molecule has 1 saturated heterocycles. The number of rotatable bonds is 5. The summed E-state index contributed by atoms with van der Waals surface area (Å²) in [6, 6.07) is 1.47. The molecule has 2 unspecified atom stereocenters. The molecule has 0 aromatic carbocycles. The summed E-state index contributed by atoms with van der Waals surface area (Å²) in [7, 11) is 0. The van der Waals surface area contributed by atoms with E-state index in [1.807, 2.05) is 0 Å². The van der Waals surface area contributed by atoms with Gasteiger partial charge in [-0.3, -0.25) is 0 Å². The van der Waals surface area contributed by atoms with Crippen LogP contribution in [-0.4, -0.2) is 43.2 Å². The van der Waals surface area contributed by atoms with E-state index in [9.17, 15) is 0 Å². The predicted octanol–water partition coefficient (Wildman–Crippen LogP) is 2.60. The number of nitrogens with zero attached hydrogens (tertiary/aromatic N) is 1. The molecule has 2 atom stereocenters. The second-order valence-electron chi connectivity index (χ2n) is 8.26. The molecule has 118 valence electrons. The molecule has 0 aromatic rings. The van der Waals surface area contributed by atoms with Crippen LogP contribution in [0.15, 0.2) is 0 Å². The van der Waals surface area contributed by atoms with Gasteiger partial charge in [-0.05, 0) is 37.0 Å². The van der Waals surface area contributed by atoms with Gasteiger partial charge in [-0.15, -0.1) is 0 Å². The zero-order valence-corrected chi connectivity index (χ0v) is 13.8. The van der Waals surface area contributed by atoms with Crippen LogP contribution < -0.4 is 11.1 Å². The molecule has 2 aliphatic rings. The van der Waals surface area contributed by atoms with Crippen molar-refractivity contribution in [2.24, 2.45) is 17.1 Å². The molecule has 3 nitrogen and oxygen atoms in total. The Hall–Kier alpha value is -0.120. The third-order valence-corrected chi connectivity index (χ3v) is 4.79. The SMILES string of the molecule is CC(C)(C)CC1CC(NC2CCCC2)CN(CCN)C1. The van der Waals surface area contributed by atoms with Crippen LogP contribution in [0.3, 0.4) is 0 Å². The maximum Gasteiger partial charge on any atom is 0.0200 e. The van der Waals surface area contributed by atoms with Gasteiger partial charge in [-0.1, -0.05) is 33.6 Å². The molecule has 3 heteroatoms. The van der Waals surface area contributed by atoms with Crippen molar-refractivity contribution in [1.82, 2.24) is 10.2 Å². The summed E-state index contributed by atoms with van der Waals surface area (Å²) < 4.78 is 0. The zero-order chi connectivity index (χ0) is 14.6. The number of nitrogens with two attached hydrogens (primary N) is 1. The molecule has 2 fully saturated rings. The average molecular weight is 281 g/mol. The molecule has 0 bridgehead atoms. The topological polar surface area (TPSA) is 41.3 Å². The van der Waals surface area contributed by atoms with Gasteiger partial charge in [0.2, 0.25) is 0 Å². The minimum atomic E-state index is 0.439. The first-order valence-corrected chi connectivity index (χ1v) is 8.65. The lowest BCUT2D eigenvalue weighted by Crippen LogP contribution is -2.52. The normalized spacial score (nSPS) is 30.0. The highest BCUT2D eigenvalue weighted by atomic mass is 15.2. The molecule has 1 saturated carbocycles. The lowest BCUT2D eigenvalue weighted by Gasteiger charge is -2.41. The number of likely N-dealkylation sites (tertiary alicyclic amines) is 1. The van der Waals surface area contributed by atoms with Gasteiger partial charge in [0, 0.05) is 38.3 Å². The first-order chi connectivity index (χ1) is 9.46. The Kier molecular flexibility index (Phi) is 5.88. The summed E-state index contributed by atoms with van der Waals surface area (Å²) in [5.74, 6) is 0.828. The van der Waals surface area contributed by atoms with Gasteiger partial charge in [-0.2, -0.15) is 0 Å². The van der Waals surface area contributed by atoms with E-state index >= 15 is 0 Å². The summed E-state index contributed by atoms with van der Waals surface area (Å²) in [5.41, 5.74) is 6.22. The fraction of sp³-hybridized carbons (Fsp3) is 1.00. The Morgan fingerprint density at radius 3 is 2.40 bits per heavy atom. The maximum absolute atomic E-state index is 5.78. The number of piperidine rings is 1. The molecule has 0 spiro atoms. The van der Waals surface area contributed by atoms with Crippen LogP contribution in [0.2, 0.25) is 0 Å². The monoisotopic (exact) mass is 281 g/mol. The van der Waals surface area contributed by atoms with Crippen molar-refractivity contribution >= 4 is 0 Å². The first-order valence-electron chi connectivity index (χ1n) is 8.65. The van der Waals surface area contributed by atoms with Gasteiger partial charge in [-0.25, -0.2) is 0 Å². The van der Waals surface area contributed by atoms with Gasteiger partial charge >= 0.3 is 0 Å². The second-order valence-corrected chi connectivity index (χ2v) is 8.26. The van der Waals surface area contributed by atoms with E-state index in [2.05, 4.69) is 31.0 Å². The Morgan fingerprint density at radius 1 is 1.10 bits per heavy atom. The lowest BCUT2D eigenvalue weighted by atomic mass is 9.80. The van der Waals surface area contributed by atoms with E-state index in [1.54, 1.807) is 0 Å². The largest absolute Gasteiger partial charge is 0.329 e. The van der Waals surface area contributed by atoms with Crippen molar-refractivity contribution in [3.05, 3.63) is 0 Å². The average Bonchev–Trinajstić information content (AvgIpc) is 2.79. The fourth-order valence-corrected chi connectivity index (χ4v) is 4.23. The third kappa shape index (κ3) is 5.34. The highest BCUT2D eigenvalue weighted by Crippen LogP contribution is 2.31. The Morgan fingerprint density at radius 2 is 1.80 bits per heavy atom. The summed E-state index contributed by atoms with van der Waals surface area (Å²) in [4.78, 5) is 2.59. The zero-order valence-electron chi connectivity index (χ0n) is 13.8. The van der Waals surface area contributed by atoms with Gasteiger partial charge in [0.1, 0.15) is 0 Å². The third-order valence-electron chi connectivity index (χ3n) is 4.79. The van der Waals surface area contributed by atoms with E-state index in [-0.39, 0.29) is 0 Å². The molecule has 2 rings (SSSR count). The van der Waals surface area contributed by atoms with Crippen molar-refractivity contribution in [2.75, 3.05) is 26.2 Å². The minimum Gasteiger partial charge on any atom is -0.329 e. The van der Waals surface area contributed by atoms with E-state index in [0.29, 0.717) is 11.5 Å². The standard InChI is InChI=1S/C17H35N3/c1-17(2,3)11-14-10-16(13-20(12-14)9-8-18)19-15-6-4-5-7-15/h14-16,19H,4-13,18H2,1-3H3. The van der Waals surface area contributed by atoms with Crippen LogP contribution in [0.1, 0.15) is 59.3 Å². The Bertz CT molecular complexity index is 278. The summed E-state index contributed by atoms with van der Waals surface area (Å²) in [6.45, 7) is 11.4. The van der Waals surface area contributed by atoms with Crippen molar-refractivity contribution in [3.63, 3.8) is 0 Å². The number of nitrogens with one attached hydrogen (secondary N) is 1. The van der Waals surface area contributed by atoms with E-state index in [4.69, 9.17) is 5.73 Å². The Balaban J connectivity index is 1.89. The minimum absolute atomic E-state index is 0.439. The van der Waals surface area contributed by atoms with Crippen molar-refractivity contribution in [2.45, 2.75) is 71.4 Å². The van der Waals surface area contributed by atoms with E-state index < -0.39 is 0 Å². The Labute approximate surface area is 125 Å². The van der Waals surface area contributed by atoms with Crippen LogP contribution in [0.5, 0.6) is 0 Å². The maximum atomic E-state index is 5.78. The van der Waals surface area contributed by atoms with Crippen LogP contribution >= 0.6 is 0 Å². The predicted molar refractivity (Wildman–Crippen MR) is 86.9 cm³/mol. The molecule has 20 heavy (non-hydrogen) atoms. The summed E-state index contributed by atoms with van der Waals surface area (Å²) in [5, 5.41) is 3.94. The molecular formula is C17H35N3. The number of hydrogen-bond donors (Lipinski definition) is 2. The summed E-state index contributed by atoms with van der Waals surface area (Å²) in [6.07, 6.45) is 8.30. The van der Waals surface area contributed by atoms with Crippen LogP contribution in [0.25, 0.3) is 0 Å². The highest BCUT2D eigenvalue weighted by molar-refractivity contribution is 4.88. The van der Waals surface area contributed by atoms with Crippen molar-refractivity contribution in [1.29, 1.82) is 0 Å². The van der Waals surface area contributed by atoms with Gasteiger partial charge < -0.3 is 16.0 Å². The van der Waals surface area contributed by atoms with Crippen molar-refractivity contribution in [3.8, 4) is 0 Å². The first kappa shape index (κ1) is 16.3. The van der Waals surface area contributed by atoms with Crippen LogP contribution in [-0.2, 0) is 0 Å². The van der Waals surface area contributed by atoms with Gasteiger partial charge in [0.15, 0.2) is 0 Å². The smallest absolute Gasteiger partial charge is 0.0200 e. The van der Waals surface area contributed by atoms with Crippen molar-refractivity contribution < 1.29 is 0 Å². The molecule has 3 N–H and O–H groups in total. The molecule has 1 aliphatic heterocycles. The summed E-state index contributed by atoms with van der Waals surface area (Å²) >= 11 is 0. The molecular weight excluding hydrogens is 246 g/mol. The van der Waals surface area contributed by atoms with Gasteiger partial charge in [0.05, 0.1) is 0 Å². The molecule has 1 heterocycles. The quantitative estimate of drug-likeness (QED) is 0.814. The van der Waals surface area contributed by atoms with Crippen LogP contribution in [0.4, 0.5) is 0 Å². The van der Waals surface area contributed by atoms with Crippen LogP contribution in [0, 0.1) is 11.3 Å². The van der Waals surface area contributed by atoms with Gasteiger partial charge in [0.25, 0.3) is 0 Å².